The molecule has 1 atom stereocenters. The zero-order valence-corrected chi connectivity index (χ0v) is 15.6. The van der Waals surface area contributed by atoms with E-state index in [4.69, 9.17) is 17.0 Å². The Kier molecular flexibility index (Phi) is 5.99. The summed E-state index contributed by atoms with van der Waals surface area (Å²) < 4.78 is 7.36. The van der Waals surface area contributed by atoms with Crippen LogP contribution < -0.4 is 10.6 Å². The summed E-state index contributed by atoms with van der Waals surface area (Å²) in [5.74, 6) is 2.06. The Bertz CT molecular complexity index is 713. The van der Waals surface area contributed by atoms with Gasteiger partial charge < -0.3 is 19.9 Å². The van der Waals surface area contributed by atoms with E-state index in [2.05, 4.69) is 37.5 Å². The zero-order valence-electron chi connectivity index (χ0n) is 14.8. The van der Waals surface area contributed by atoms with Gasteiger partial charge in [0.2, 0.25) is 0 Å². The number of aromatic nitrogens is 3. The highest BCUT2D eigenvalue weighted by atomic mass is 32.1. The van der Waals surface area contributed by atoms with Crippen LogP contribution in [0.15, 0.2) is 24.3 Å². The maximum atomic E-state index is 5.33. The van der Waals surface area contributed by atoms with E-state index in [-0.39, 0.29) is 6.04 Å². The van der Waals surface area contributed by atoms with E-state index in [1.807, 2.05) is 19.1 Å². The molecule has 1 unspecified atom stereocenters. The largest absolute Gasteiger partial charge is 0.383 e. The number of hydrogen-bond donors (Lipinski definition) is 2. The lowest BCUT2D eigenvalue weighted by molar-refractivity contribution is 0.179. The molecule has 0 amide bonds. The van der Waals surface area contributed by atoms with E-state index in [9.17, 15) is 0 Å². The molecular formula is C18H25N5OS. The van der Waals surface area contributed by atoms with Crippen LogP contribution >= 0.6 is 12.2 Å². The van der Waals surface area contributed by atoms with Crippen LogP contribution in [0.1, 0.15) is 32.0 Å². The molecule has 2 heterocycles. The fourth-order valence-corrected chi connectivity index (χ4v) is 3.40. The molecule has 134 valence electrons. The summed E-state index contributed by atoms with van der Waals surface area (Å²) >= 11 is 5.33. The SMILES string of the molecule is COCC(C)NC(=S)Nc1ccc(-c2nnc3n2CCCCC3)cc1. The number of aryl methyl sites for hydroxylation is 1. The van der Waals surface area contributed by atoms with Crippen molar-refractivity contribution in [1.82, 2.24) is 20.1 Å². The lowest BCUT2D eigenvalue weighted by Crippen LogP contribution is -2.38. The number of fused-ring (bicyclic) bond motifs is 1. The average Bonchev–Trinajstić information content (AvgIpc) is 2.84. The highest BCUT2D eigenvalue weighted by molar-refractivity contribution is 7.80. The summed E-state index contributed by atoms with van der Waals surface area (Å²) in [6.45, 7) is 3.64. The minimum Gasteiger partial charge on any atom is -0.383 e. The molecule has 7 heteroatoms. The Morgan fingerprint density at radius 3 is 2.80 bits per heavy atom. The fraction of sp³-hybridized carbons (Fsp3) is 0.500. The van der Waals surface area contributed by atoms with E-state index >= 15 is 0 Å². The van der Waals surface area contributed by atoms with E-state index in [1.165, 1.54) is 19.3 Å². The van der Waals surface area contributed by atoms with Gasteiger partial charge in [0.15, 0.2) is 10.9 Å². The highest BCUT2D eigenvalue weighted by Gasteiger charge is 2.15. The summed E-state index contributed by atoms with van der Waals surface area (Å²) in [5, 5.41) is 15.7. The van der Waals surface area contributed by atoms with Gasteiger partial charge in [0, 0.05) is 37.4 Å². The molecule has 0 saturated carbocycles. The summed E-state index contributed by atoms with van der Waals surface area (Å²) in [6, 6.07) is 8.32. The second kappa shape index (κ2) is 8.40. The molecule has 25 heavy (non-hydrogen) atoms. The monoisotopic (exact) mass is 359 g/mol. The van der Waals surface area contributed by atoms with Crippen molar-refractivity contribution < 1.29 is 4.74 Å². The van der Waals surface area contributed by atoms with Crippen molar-refractivity contribution in [3.05, 3.63) is 30.1 Å². The first-order chi connectivity index (χ1) is 12.2. The lowest BCUT2D eigenvalue weighted by atomic mass is 10.2. The molecule has 1 aliphatic rings. The number of benzene rings is 1. The first kappa shape index (κ1) is 17.8. The molecular weight excluding hydrogens is 334 g/mol. The molecule has 1 aliphatic heterocycles. The van der Waals surface area contributed by atoms with Gasteiger partial charge in [-0.2, -0.15) is 0 Å². The van der Waals surface area contributed by atoms with Crippen LogP contribution in [0.2, 0.25) is 0 Å². The van der Waals surface area contributed by atoms with Gasteiger partial charge in [0.1, 0.15) is 5.82 Å². The van der Waals surface area contributed by atoms with Gasteiger partial charge >= 0.3 is 0 Å². The lowest BCUT2D eigenvalue weighted by Gasteiger charge is -2.16. The zero-order chi connectivity index (χ0) is 17.6. The Labute approximate surface area is 154 Å². The number of thiocarbonyl (C=S) groups is 1. The summed E-state index contributed by atoms with van der Waals surface area (Å²) in [5.41, 5.74) is 2.03. The first-order valence-electron chi connectivity index (χ1n) is 8.76. The predicted octanol–water partition coefficient (Wildman–Crippen LogP) is 2.99. The first-order valence-corrected chi connectivity index (χ1v) is 9.17. The van der Waals surface area contributed by atoms with Crippen molar-refractivity contribution in [3.8, 4) is 11.4 Å². The van der Waals surface area contributed by atoms with Crippen molar-refractivity contribution in [1.29, 1.82) is 0 Å². The third kappa shape index (κ3) is 4.55. The van der Waals surface area contributed by atoms with Crippen molar-refractivity contribution in [2.75, 3.05) is 19.0 Å². The van der Waals surface area contributed by atoms with Gasteiger partial charge in [0.05, 0.1) is 6.61 Å². The third-order valence-corrected chi connectivity index (χ3v) is 4.52. The van der Waals surface area contributed by atoms with Crippen LogP contribution in [-0.2, 0) is 17.7 Å². The summed E-state index contributed by atoms with van der Waals surface area (Å²) in [4.78, 5) is 0. The number of nitrogens with one attached hydrogen (secondary N) is 2. The number of nitrogens with zero attached hydrogens (tertiary/aromatic N) is 3. The maximum absolute atomic E-state index is 5.33. The van der Waals surface area contributed by atoms with Crippen LogP contribution in [0.5, 0.6) is 0 Å². The molecule has 0 aliphatic carbocycles. The Balaban J connectivity index is 1.67. The molecule has 6 nitrogen and oxygen atoms in total. The molecule has 2 N–H and O–H groups in total. The predicted molar refractivity (Wildman–Crippen MR) is 104 cm³/mol. The topological polar surface area (TPSA) is 64.0 Å². The van der Waals surface area contributed by atoms with Gasteiger partial charge in [-0.25, -0.2) is 0 Å². The van der Waals surface area contributed by atoms with Crippen molar-refractivity contribution in [2.24, 2.45) is 0 Å². The van der Waals surface area contributed by atoms with Crippen molar-refractivity contribution in [3.63, 3.8) is 0 Å². The van der Waals surface area contributed by atoms with Gasteiger partial charge in [-0.3, -0.25) is 0 Å². The second-order valence-electron chi connectivity index (χ2n) is 6.43. The van der Waals surface area contributed by atoms with Crippen LogP contribution in [0.3, 0.4) is 0 Å². The summed E-state index contributed by atoms with van der Waals surface area (Å²) in [7, 11) is 1.68. The smallest absolute Gasteiger partial charge is 0.171 e. The number of rotatable bonds is 5. The van der Waals surface area contributed by atoms with Gasteiger partial charge in [-0.15, -0.1) is 10.2 Å². The van der Waals surface area contributed by atoms with Gasteiger partial charge in [-0.05, 0) is 56.2 Å². The van der Waals surface area contributed by atoms with Crippen LogP contribution in [-0.4, -0.2) is 39.6 Å². The summed E-state index contributed by atoms with van der Waals surface area (Å²) in [6.07, 6.45) is 4.67. The molecule has 0 radical (unpaired) electrons. The molecule has 2 aromatic rings. The van der Waals surface area contributed by atoms with Crippen LogP contribution in [0, 0.1) is 0 Å². The van der Waals surface area contributed by atoms with E-state index in [1.54, 1.807) is 7.11 Å². The van der Waals surface area contributed by atoms with E-state index in [0.29, 0.717) is 11.7 Å². The molecule has 0 saturated heterocycles. The Hall–Kier alpha value is -1.99. The quantitative estimate of drug-likeness (QED) is 0.800. The van der Waals surface area contributed by atoms with Gasteiger partial charge in [0.25, 0.3) is 0 Å². The minimum absolute atomic E-state index is 0.163. The highest BCUT2D eigenvalue weighted by Crippen LogP contribution is 2.23. The van der Waals surface area contributed by atoms with E-state index in [0.717, 1.165) is 35.9 Å². The number of anilines is 1. The maximum Gasteiger partial charge on any atom is 0.171 e. The molecule has 0 spiro atoms. The standard InChI is InChI=1S/C18H25N5OS/c1-13(12-24-2)19-18(25)20-15-9-7-14(8-10-15)17-22-21-16-6-4-3-5-11-23(16)17/h7-10,13H,3-6,11-12H2,1-2H3,(H2,19,20,25). The third-order valence-electron chi connectivity index (χ3n) is 4.30. The molecule has 0 bridgehead atoms. The average molecular weight is 359 g/mol. The second-order valence-corrected chi connectivity index (χ2v) is 6.84. The fourth-order valence-electron chi connectivity index (χ4n) is 3.08. The molecule has 1 aromatic carbocycles. The van der Waals surface area contributed by atoms with Crippen LogP contribution in [0.25, 0.3) is 11.4 Å². The number of hydrogen-bond acceptors (Lipinski definition) is 4. The van der Waals surface area contributed by atoms with Crippen molar-refractivity contribution >= 4 is 23.0 Å². The molecule has 1 aromatic heterocycles. The Morgan fingerprint density at radius 1 is 1.24 bits per heavy atom. The molecule has 0 fully saturated rings. The normalized spacial score (nSPS) is 15.1. The van der Waals surface area contributed by atoms with Gasteiger partial charge in [-0.1, -0.05) is 6.42 Å². The Morgan fingerprint density at radius 2 is 2.04 bits per heavy atom. The number of ether oxygens (including phenoxy) is 1. The van der Waals surface area contributed by atoms with Crippen molar-refractivity contribution in [2.45, 2.75) is 45.2 Å². The minimum atomic E-state index is 0.163. The molecule has 3 rings (SSSR count). The van der Waals surface area contributed by atoms with E-state index < -0.39 is 0 Å². The number of methoxy groups -OCH3 is 1. The van der Waals surface area contributed by atoms with Crippen LogP contribution in [0.4, 0.5) is 5.69 Å².